The molecule has 0 N–H and O–H groups in total. The van der Waals surface area contributed by atoms with Gasteiger partial charge in [-0.1, -0.05) is 48.0 Å². The number of halogens is 1. The average Bonchev–Trinajstić information content (AvgIpc) is 2.83. The first-order valence-corrected chi connectivity index (χ1v) is 12.8. The number of hydrogen-bond acceptors (Lipinski definition) is 4. The van der Waals surface area contributed by atoms with Crippen molar-refractivity contribution in [1.82, 2.24) is 4.90 Å². The zero-order chi connectivity index (χ0) is 24.5. The maximum Gasteiger partial charge on any atom is 0.268 e. The Kier molecular flexibility index (Phi) is 6.86. The van der Waals surface area contributed by atoms with Crippen LogP contribution in [0.25, 0.3) is 0 Å². The highest BCUT2D eigenvalue weighted by Gasteiger charge is 2.32. The van der Waals surface area contributed by atoms with E-state index in [4.69, 9.17) is 16.3 Å². The van der Waals surface area contributed by atoms with Gasteiger partial charge in [0.15, 0.2) is 0 Å². The van der Waals surface area contributed by atoms with Crippen molar-refractivity contribution < 1.29 is 17.9 Å². The Hall–Kier alpha value is -3.03. The molecule has 6 nitrogen and oxygen atoms in total. The van der Waals surface area contributed by atoms with E-state index in [9.17, 15) is 13.2 Å². The van der Waals surface area contributed by atoms with Crippen LogP contribution in [0.3, 0.4) is 0 Å². The number of aryl methyl sites for hydroxylation is 2. The van der Waals surface area contributed by atoms with Gasteiger partial charge in [0.05, 0.1) is 12.8 Å². The van der Waals surface area contributed by atoms with Gasteiger partial charge in [0.25, 0.3) is 10.0 Å². The topological polar surface area (TPSA) is 66.9 Å². The number of carbonyl (C=O) groups excluding carboxylic acids is 1. The normalized spacial score (nSPS) is 13.4. The van der Waals surface area contributed by atoms with Gasteiger partial charge in [-0.2, -0.15) is 0 Å². The maximum absolute atomic E-state index is 13.9. The van der Waals surface area contributed by atoms with Gasteiger partial charge in [-0.25, -0.2) is 8.42 Å². The Morgan fingerprint density at radius 2 is 1.79 bits per heavy atom. The molecular weight excluding hydrogens is 472 g/mol. The molecule has 1 amide bonds. The Morgan fingerprint density at radius 1 is 1.06 bits per heavy atom. The zero-order valence-corrected chi connectivity index (χ0v) is 21.0. The number of nitrogens with zero attached hydrogens (tertiary/aromatic N) is 2. The van der Waals surface area contributed by atoms with Gasteiger partial charge in [0.2, 0.25) is 5.91 Å². The molecular formula is C26H27ClN2O4S. The largest absolute Gasteiger partial charge is 0.495 e. The van der Waals surface area contributed by atoms with Crippen LogP contribution in [0.5, 0.6) is 5.75 Å². The molecule has 0 saturated carbocycles. The monoisotopic (exact) mass is 498 g/mol. The third-order valence-corrected chi connectivity index (χ3v) is 8.30. The third kappa shape index (κ3) is 4.76. The van der Waals surface area contributed by atoms with Crippen LogP contribution in [0.15, 0.2) is 65.6 Å². The molecule has 1 heterocycles. The van der Waals surface area contributed by atoms with Gasteiger partial charge in [0, 0.05) is 18.1 Å². The summed E-state index contributed by atoms with van der Waals surface area (Å²) in [5, 5.41) is 0.424. The molecule has 3 aromatic carbocycles. The number of benzene rings is 3. The molecule has 4 rings (SSSR count). The van der Waals surface area contributed by atoms with E-state index in [1.54, 1.807) is 41.3 Å². The first-order valence-electron chi connectivity index (χ1n) is 11.0. The predicted molar refractivity (Wildman–Crippen MR) is 134 cm³/mol. The zero-order valence-electron chi connectivity index (χ0n) is 19.4. The Morgan fingerprint density at radius 3 is 2.50 bits per heavy atom. The van der Waals surface area contributed by atoms with E-state index in [1.165, 1.54) is 12.7 Å². The standard InChI is InChI=1S/C26H27ClN2O4S/c1-18-8-11-24(33-3)25(14-18)34(31,32)29(22-10-9-19(2)23(27)15-22)17-26(30)28-13-12-20-6-4-5-7-21(20)16-28/h4-11,14-15H,12-13,16-17H2,1-3H3. The van der Waals surface area contributed by atoms with Gasteiger partial charge in [0.1, 0.15) is 17.2 Å². The van der Waals surface area contributed by atoms with Crippen LogP contribution >= 0.6 is 11.6 Å². The van der Waals surface area contributed by atoms with Gasteiger partial charge < -0.3 is 9.64 Å². The van der Waals surface area contributed by atoms with Crippen molar-refractivity contribution in [3.05, 3.63) is 87.9 Å². The fourth-order valence-corrected chi connectivity index (χ4v) is 5.91. The summed E-state index contributed by atoms with van der Waals surface area (Å²) < 4.78 is 34.3. The number of carbonyl (C=O) groups is 1. The summed E-state index contributed by atoms with van der Waals surface area (Å²) >= 11 is 6.34. The first-order chi connectivity index (χ1) is 16.2. The SMILES string of the molecule is COc1ccc(C)cc1S(=O)(=O)N(CC(=O)N1CCc2ccccc2C1)c1ccc(C)c(Cl)c1. The van der Waals surface area contributed by atoms with Crippen LogP contribution in [-0.2, 0) is 27.8 Å². The lowest BCUT2D eigenvalue weighted by atomic mass is 10.00. The molecule has 34 heavy (non-hydrogen) atoms. The van der Waals surface area contributed by atoms with E-state index in [2.05, 4.69) is 6.07 Å². The van der Waals surface area contributed by atoms with E-state index in [1.807, 2.05) is 32.0 Å². The van der Waals surface area contributed by atoms with Crippen LogP contribution in [-0.4, -0.2) is 39.4 Å². The van der Waals surface area contributed by atoms with Crippen molar-refractivity contribution in [3.8, 4) is 5.75 Å². The van der Waals surface area contributed by atoms with Crippen molar-refractivity contribution in [2.45, 2.75) is 31.7 Å². The minimum atomic E-state index is -4.14. The summed E-state index contributed by atoms with van der Waals surface area (Å²) in [4.78, 5) is 15.1. The highest BCUT2D eigenvalue weighted by atomic mass is 35.5. The second-order valence-electron chi connectivity index (χ2n) is 8.43. The molecule has 8 heteroatoms. The van der Waals surface area contributed by atoms with E-state index >= 15 is 0 Å². The molecule has 0 saturated heterocycles. The quantitative estimate of drug-likeness (QED) is 0.492. The fourth-order valence-electron chi connectivity index (χ4n) is 4.09. The molecule has 1 aliphatic heterocycles. The maximum atomic E-state index is 13.9. The predicted octanol–water partition coefficient (Wildman–Crippen LogP) is 4.75. The highest BCUT2D eigenvalue weighted by Crippen LogP contribution is 2.33. The molecule has 3 aromatic rings. The van der Waals surface area contributed by atoms with Gasteiger partial charge in [-0.3, -0.25) is 9.10 Å². The van der Waals surface area contributed by atoms with Crippen LogP contribution in [0.2, 0.25) is 5.02 Å². The van der Waals surface area contributed by atoms with Crippen molar-refractivity contribution in [1.29, 1.82) is 0 Å². The van der Waals surface area contributed by atoms with Gasteiger partial charge in [-0.15, -0.1) is 0 Å². The van der Waals surface area contributed by atoms with Crippen LogP contribution in [0.1, 0.15) is 22.3 Å². The first kappa shape index (κ1) is 24.1. The minimum absolute atomic E-state index is 0.00323. The summed E-state index contributed by atoms with van der Waals surface area (Å²) in [7, 11) is -2.72. The van der Waals surface area contributed by atoms with Crippen molar-refractivity contribution in [3.63, 3.8) is 0 Å². The molecule has 1 aliphatic rings. The summed E-state index contributed by atoms with van der Waals surface area (Å²) in [5.41, 5.74) is 4.20. The number of sulfonamides is 1. The minimum Gasteiger partial charge on any atom is -0.495 e. The van der Waals surface area contributed by atoms with Gasteiger partial charge in [-0.05, 0) is 66.8 Å². The summed E-state index contributed by atoms with van der Waals surface area (Å²) in [5.74, 6) is -0.0606. The summed E-state index contributed by atoms with van der Waals surface area (Å²) in [6.07, 6.45) is 0.733. The molecule has 178 valence electrons. The van der Waals surface area contributed by atoms with E-state index in [-0.39, 0.29) is 23.1 Å². The second kappa shape index (κ2) is 9.68. The van der Waals surface area contributed by atoms with Crippen LogP contribution in [0, 0.1) is 13.8 Å². The number of rotatable bonds is 6. The van der Waals surface area contributed by atoms with Crippen LogP contribution < -0.4 is 9.04 Å². The van der Waals surface area contributed by atoms with Gasteiger partial charge >= 0.3 is 0 Å². The lowest BCUT2D eigenvalue weighted by molar-refractivity contribution is -0.130. The van der Waals surface area contributed by atoms with E-state index in [0.29, 0.717) is 23.8 Å². The van der Waals surface area contributed by atoms with Crippen molar-refractivity contribution in [2.24, 2.45) is 0 Å². The number of hydrogen-bond donors (Lipinski definition) is 0. The number of ether oxygens (including phenoxy) is 1. The second-order valence-corrected chi connectivity index (χ2v) is 10.7. The lowest BCUT2D eigenvalue weighted by Gasteiger charge is -2.32. The smallest absolute Gasteiger partial charge is 0.268 e. The summed E-state index contributed by atoms with van der Waals surface area (Å²) in [6.45, 7) is 4.28. The molecule has 0 aromatic heterocycles. The molecule has 0 unspecified atom stereocenters. The number of methoxy groups -OCH3 is 1. The number of amides is 1. The molecule has 0 aliphatic carbocycles. The average molecular weight is 499 g/mol. The van der Waals surface area contributed by atoms with Crippen LogP contribution in [0.4, 0.5) is 5.69 Å². The lowest BCUT2D eigenvalue weighted by Crippen LogP contribution is -2.44. The third-order valence-electron chi connectivity index (χ3n) is 6.09. The molecule has 0 spiro atoms. The molecule has 0 atom stereocenters. The fraction of sp³-hybridized carbons (Fsp3) is 0.269. The van der Waals surface area contributed by atoms with Crippen molar-refractivity contribution in [2.75, 3.05) is 24.5 Å². The summed E-state index contributed by atoms with van der Waals surface area (Å²) in [6, 6.07) is 17.9. The van der Waals surface area contributed by atoms with Crippen molar-refractivity contribution >= 4 is 33.2 Å². The molecule has 0 bridgehead atoms. The van der Waals surface area contributed by atoms with E-state index < -0.39 is 10.0 Å². The molecule has 0 fully saturated rings. The Balaban J connectivity index is 1.73. The Bertz CT molecular complexity index is 1340. The highest BCUT2D eigenvalue weighted by molar-refractivity contribution is 7.93. The number of anilines is 1. The Labute approximate surface area is 205 Å². The number of fused-ring (bicyclic) bond motifs is 1. The molecule has 0 radical (unpaired) electrons. The van der Waals surface area contributed by atoms with E-state index in [0.717, 1.165) is 27.4 Å².